The van der Waals surface area contributed by atoms with E-state index >= 15 is 0 Å². The predicted molar refractivity (Wildman–Crippen MR) is 86.6 cm³/mol. The first-order valence-corrected chi connectivity index (χ1v) is 7.93. The second-order valence-corrected chi connectivity index (χ2v) is 5.99. The number of aliphatic hydroxyl groups excluding tert-OH is 1. The number of ketones is 1. The highest BCUT2D eigenvalue weighted by molar-refractivity contribution is 5.91. The van der Waals surface area contributed by atoms with Gasteiger partial charge in [-0.05, 0) is 30.9 Å². The average Bonchev–Trinajstić information content (AvgIpc) is 2.98. The van der Waals surface area contributed by atoms with Gasteiger partial charge >= 0.3 is 0 Å². The summed E-state index contributed by atoms with van der Waals surface area (Å²) < 4.78 is 16.2. The van der Waals surface area contributed by atoms with E-state index in [1.54, 1.807) is 6.92 Å². The first-order chi connectivity index (χ1) is 11.0. The molecule has 0 amide bonds. The first-order valence-electron chi connectivity index (χ1n) is 7.93. The molecule has 1 aliphatic rings. The number of benzene rings is 1. The number of ether oxygens (including phenoxy) is 3. The normalized spacial score (nSPS) is 22.2. The number of aliphatic hydroxyl groups is 1. The third-order valence-corrected chi connectivity index (χ3v) is 4.65. The molecule has 5 atom stereocenters. The lowest BCUT2D eigenvalue weighted by Gasteiger charge is -2.33. The van der Waals surface area contributed by atoms with Crippen LogP contribution in [0.1, 0.15) is 30.4 Å². The lowest BCUT2D eigenvalue weighted by atomic mass is 9.89. The molecule has 23 heavy (non-hydrogen) atoms. The van der Waals surface area contributed by atoms with Crippen molar-refractivity contribution in [1.82, 2.24) is 0 Å². The average molecular weight is 322 g/mol. The highest BCUT2D eigenvalue weighted by atomic mass is 16.6. The van der Waals surface area contributed by atoms with Crippen molar-refractivity contribution in [3.63, 3.8) is 0 Å². The van der Waals surface area contributed by atoms with E-state index in [1.807, 2.05) is 18.2 Å². The van der Waals surface area contributed by atoms with Gasteiger partial charge in [0.05, 0.1) is 6.10 Å². The van der Waals surface area contributed by atoms with Gasteiger partial charge in [-0.25, -0.2) is 0 Å². The van der Waals surface area contributed by atoms with E-state index in [-0.39, 0.29) is 11.7 Å². The summed E-state index contributed by atoms with van der Waals surface area (Å²) in [5.74, 6) is -0.215. The minimum atomic E-state index is -0.782. The second kappa shape index (κ2) is 8.02. The zero-order valence-electron chi connectivity index (χ0n) is 14.2. The number of methoxy groups -OCH3 is 3. The zero-order valence-corrected chi connectivity index (χ0v) is 14.2. The van der Waals surface area contributed by atoms with Crippen LogP contribution < -0.4 is 0 Å². The summed E-state index contributed by atoms with van der Waals surface area (Å²) in [6.07, 6.45) is -1.18. The van der Waals surface area contributed by atoms with Crippen LogP contribution in [0.3, 0.4) is 0 Å². The number of Topliss-reactive ketones (excluding diaryl/α,β-unsaturated/α-hetero) is 1. The van der Waals surface area contributed by atoms with Gasteiger partial charge < -0.3 is 19.3 Å². The van der Waals surface area contributed by atoms with Crippen LogP contribution >= 0.6 is 0 Å². The summed E-state index contributed by atoms with van der Waals surface area (Å²) in [6, 6.07) is 8.01. The van der Waals surface area contributed by atoms with Gasteiger partial charge in [0.2, 0.25) is 0 Å². The monoisotopic (exact) mass is 322 g/mol. The molecule has 128 valence electrons. The van der Waals surface area contributed by atoms with E-state index in [4.69, 9.17) is 14.2 Å². The van der Waals surface area contributed by atoms with Crippen LogP contribution in [0.15, 0.2) is 24.3 Å². The molecule has 0 spiro atoms. The van der Waals surface area contributed by atoms with E-state index in [9.17, 15) is 9.90 Å². The van der Waals surface area contributed by atoms with Crippen LogP contribution in [0.2, 0.25) is 0 Å². The highest BCUT2D eigenvalue weighted by Gasteiger charge is 2.41. The lowest BCUT2D eigenvalue weighted by molar-refractivity contribution is -0.159. The molecule has 1 aromatic carbocycles. The third-order valence-electron chi connectivity index (χ3n) is 4.65. The molecule has 0 heterocycles. The topological polar surface area (TPSA) is 65.0 Å². The Morgan fingerprint density at radius 2 is 1.78 bits per heavy atom. The summed E-state index contributed by atoms with van der Waals surface area (Å²) in [6.45, 7) is 1.61. The van der Waals surface area contributed by atoms with Gasteiger partial charge in [0.15, 0.2) is 5.78 Å². The Bertz CT molecular complexity index is 528. The molecule has 0 saturated heterocycles. The Labute approximate surface area is 137 Å². The summed E-state index contributed by atoms with van der Waals surface area (Å²) >= 11 is 0. The van der Waals surface area contributed by atoms with Crippen molar-refractivity contribution >= 4 is 5.78 Å². The minimum Gasteiger partial charge on any atom is -0.391 e. The van der Waals surface area contributed by atoms with Crippen molar-refractivity contribution < 1.29 is 24.1 Å². The molecule has 5 heteroatoms. The van der Waals surface area contributed by atoms with Crippen molar-refractivity contribution in [3.8, 4) is 0 Å². The van der Waals surface area contributed by atoms with Crippen molar-refractivity contribution in [1.29, 1.82) is 0 Å². The number of carbonyl (C=O) groups is 1. The van der Waals surface area contributed by atoms with Gasteiger partial charge in [-0.3, -0.25) is 4.79 Å². The van der Waals surface area contributed by atoms with Crippen LogP contribution in [0.5, 0.6) is 0 Å². The molecular weight excluding hydrogens is 296 g/mol. The van der Waals surface area contributed by atoms with Gasteiger partial charge in [0.1, 0.15) is 18.3 Å². The Morgan fingerprint density at radius 1 is 1.13 bits per heavy atom. The summed E-state index contributed by atoms with van der Waals surface area (Å²) in [5, 5.41) is 9.89. The van der Waals surface area contributed by atoms with Crippen molar-refractivity contribution in [3.05, 3.63) is 35.4 Å². The summed E-state index contributed by atoms with van der Waals surface area (Å²) in [5.41, 5.74) is 2.29. The summed E-state index contributed by atoms with van der Waals surface area (Å²) in [7, 11) is 4.48. The van der Waals surface area contributed by atoms with Crippen LogP contribution in [0.4, 0.5) is 0 Å². The Kier molecular flexibility index (Phi) is 6.30. The van der Waals surface area contributed by atoms with Crippen LogP contribution in [0, 0.1) is 0 Å². The maximum atomic E-state index is 13.0. The maximum absolute atomic E-state index is 13.0. The van der Waals surface area contributed by atoms with Crippen molar-refractivity contribution in [2.75, 3.05) is 21.3 Å². The van der Waals surface area contributed by atoms with Crippen molar-refractivity contribution in [2.45, 2.75) is 50.1 Å². The minimum absolute atomic E-state index is 0.0213. The highest BCUT2D eigenvalue weighted by Crippen LogP contribution is 2.35. The molecule has 1 aliphatic carbocycles. The van der Waals surface area contributed by atoms with E-state index in [2.05, 4.69) is 6.07 Å². The Balaban J connectivity index is 2.24. The van der Waals surface area contributed by atoms with Crippen LogP contribution in [0.25, 0.3) is 0 Å². The number of aryl methyl sites for hydroxylation is 1. The van der Waals surface area contributed by atoms with Crippen LogP contribution in [-0.4, -0.2) is 56.6 Å². The molecule has 0 aliphatic heterocycles. The fourth-order valence-electron chi connectivity index (χ4n) is 3.50. The molecule has 0 fully saturated rings. The molecular formula is C18H26O5. The molecule has 0 bridgehead atoms. The Morgan fingerprint density at radius 3 is 2.35 bits per heavy atom. The number of rotatable bonds is 8. The molecule has 0 saturated carbocycles. The van der Waals surface area contributed by atoms with Crippen LogP contribution in [-0.2, 0) is 25.4 Å². The van der Waals surface area contributed by atoms with Gasteiger partial charge in [-0.15, -0.1) is 0 Å². The third kappa shape index (κ3) is 3.63. The van der Waals surface area contributed by atoms with Gasteiger partial charge in [0.25, 0.3) is 0 Å². The van der Waals surface area contributed by atoms with E-state index in [1.165, 1.54) is 26.9 Å². The fourth-order valence-corrected chi connectivity index (χ4v) is 3.50. The molecule has 5 nitrogen and oxygen atoms in total. The number of hydrogen-bond donors (Lipinski definition) is 1. The Hall–Kier alpha value is -1.27. The predicted octanol–water partition coefficient (Wildman–Crippen LogP) is 1.71. The van der Waals surface area contributed by atoms with Crippen molar-refractivity contribution in [2.24, 2.45) is 0 Å². The van der Waals surface area contributed by atoms with Gasteiger partial charge in [-0.1, -0.05) is 24.3 Å². The first kappa shape index (κ1) is 18.1. The standard InChI is InChI=1S/C18H26O5/c1-11(19)16(21-2)18(23-4)17(22-3)15(20)14-10-9-12-7-5-6-8-13(12)14/h5-8,11,14,16-19H,9-10H2,1-4H3/t11-,14?,16-,17-,18+/m1/s1. The SMILES string of the molecule is CO[C@@H]([C@H](OC)[C@@H](C)O)[C@H](OC)C(=O)C1CCc2ccccc21. The molecule has 2 rings (SSSR count). The number of hydrogen-bond acceptors (Lipinski definition) is 5. The van der Waals surface area contributed by atoms with E-state index < -0.39 is 24.4 Å². The summed E-state index contributed by atoms with van der Waals surface area (Å²) in [4.78, 5) is 13.0. The van der Waals surface area contributed by atoms with E-state index in [0.717, 1.165) is 18.4 Å². The maximum Gasteiger partial charge on any atom is 0.171 e. The molecule has 1 N–H and O–H groups in total. The van der Waals surface area contributed by atoms with Gasteiger partial charge in [-0.2, -0.15) is 0 Å². The second-order valence-electron chi connectivity index (χ2n) is 5.99. The van der Waals surface area contributed by atoms with E-state index in [0.29, 0.717) is 0 Å². The number of carbonyl (C=O) groups excluding carboxylic acids is 1. The quantitative estimate of drug-likeness (QED) is 0.789. The molecule has 0 aromatic heterocycles. The fraction of sp³-hybridized carbons (Fsp3) is 0.611. The zero-order chi connectivity index (χ0) is 17.0. The molecule has 1 aromatic rings. The molecule has 1 unspecified atom stereocenters. The van der Waals surface area contributed by atoms with Gasteiger partial charge in [0, 0.05) is 27.2 Å². The largest absolute Gasteiger partial charge is 0.391 e. The smallest absolute Gasteiger partial charge is 0.171 e. The lowest BCUT2D eigenvalue weighted by Crippen LogP contribution is -2.50. The molecule has 0 radical (unpaired) electrons. The number of fused-ring (bicyclic) bond motifs is 1.